The van der Waals surface area contributed by atoms with E-state index in [1.165, 1.54) is 19.3 Å². The topological polar surface area (TPSA) is 49.8 Å². The summed E-state index contributed by atoms with van der Waals surface area (Å²) in [6.07, 6.45) is 7.02. The minimum Gasteiger partial charge on any atom is -0.353 e. The number of aromatic nitrogens is 2. The zero-order chi connectivity index (χ0) is 10.5. The van der Waals surface area contributed by atoms with Crippen LogP contribution in [0.15, 0.2) is 12.4 Å². The van der Waals surface area contributed by atoms with Crippen molar-refractivity contribution in [1.82, 2.24) is 15.3 Å². The van der Waals surface area contributed by atoms with Crippen molar-refractivity contribution in [3.8, 4) is 0 Å². The largest absolute Gasteiger partial charge is 0.353 e. The molecule has 15 heavy (non-hydrogen) atoms. The fourth-order valence-electron chi connectivity index (χ4n) is 1.72. The maximum absolute atomic E-state index is 5.70. The maximum Gasteiger partial charge on any atom is 0.222 e. The van der Waals surface area contributed by atoms with Gasteiger partial charge in [-0.1, -0.05) is 18.0 Å². The summed E-state index contributed by atoms with van der Waals surface area (Å²) in [5, 5.41) is 7.22. The van der Waals surface area contributed by atoms with Crippen LogP contribution in [0.2, 0.25) is 5.02 Å². The molecule has 0 amide bonds. The fraction of sp³-hybridized carbons (Fsp3) is 0.600. The molecule has 5 heteroatoms. The number of anilines is 1. The number of hydrogen-bond acceptors (Lipinski definition) is 4. The van der Waals surface area contributed by atoms with Crippen LogP contribution in [-0.4, -0.2) is 29.1 Å². The van der Waals surface area contributed by atoms with E-state index in [0.29, 0.717) is 17.0 Å². The van der Waals surface area contributed by atoms with Gasteiger partial charge in [0, 0.05) is 12.6 Å². The lowest BCUT2D eigenvalue weighted by atomic mass is 10.1. The molecule has 1 unspecified atom stereocenters. The van der Waals surface area contributed by atoms with Crippen LogP contribution in [0.3, 0.4) is 0 Å². The third-order valence-corrected chi connectivity index (χ3v) is 2.73. The van der Waals surface area contributed by atoms with Crippen molar-refractivity contribution < 1.29 is 0 Å². The van der Waals surface area contributed by atoms with Crippen LogP contribution in [-0.2, 0) is 0 Å². The molecule has 1 atom stereocenters. The summed E-state index contributed by atoms with van der Waals surface area (Å²) >= 11 is 5.70. The normalized spacial score (nSPS) is 21.3. The highest BCUT2D eigenvalue weighted by atomic mass is 35.5. The van der Waals surface area contributed by atoms with E-state index in [1.54, 1.807) is 12.4 Å². The average Bonchev–Trinajstić information content (AvgIpc) is 2.30. The van der Waals surface area contributed by atoms with Crippen LogP contribution >= 0.6 is 11.6 Å². The monoisotopic (exact) mass is 226 g/mol. The first-order chi connectivity index (χ1) is 7.34. The zero-order valence-electron chi connectivity index (χ0n) is 8.54. The van der Waals surface area contributed by atoms with E-state index in [4.69, 9.17) is 11.6 Å². The molecule has 82 valence electrons. The van der Waals surface area contributed by atoms with Gasteiger partial charge in [0.1, 0.15) is 0 Å². The first-order valence-corrected chi connectivity index (χ1v) is 5.67. The Labute approximate surface area is 94.5 Å². The number of nitrogens with one attached hydrogen (secondary N) is 2. The second-order valence-corrected chi connectivity index (χ2v) is 4.19. The standard InChI is InChI=1S/C10H15ClN4/c11-8-5-13-10(14-6-8)15-7-9-3-1-2-4-12-9/h5-6,9,12H,1-4,7H2,(H,13,14,15). The number of rotatable bonds is 3. The van der Waals surface area contributed by atoms with Crippen LogP contribution in [0.5, 0.6) is 0 Å². The average molecular weight is 227 g/mol. The van der Waals surface area contributed by atoms with Crippen molar-refractivity contribution in [3.63, 3.8) is 0 Å². The van der Waals surface area contributed by atoms with Crippen molar-refractivity contribution in [2.24, 2.45) is 0 Å². The number of nitrogens with zero attached hydrogens (tertiary/aromatic N) is 2. The summed E-state index contributed by atoms with van der Waals surface area (Å²) in [5.74, 6) is 0.645. The van der Waals surface area contributed by atoms with Crippen LogP contribution < -0.4 is 10.6 Å². The molecule has 1 aliphatic rings. The lowest BCUT2D eigenvalue weighted by molar-refractivity contribution is 0.413. The molecule has 0 aromatic carbocycles. The highest BCUT2D eigenvalue weighted by Crippen LogP contribution is 2.09. The van der Waals surface area contributed by atoms with Gasteiger partial charge in [-0.15, -0.1) is 0 Å². The summed E-state index contributed by atoms with van der Waals surface area (Å²) in [4.78, 5) is 8.16. The van der Waals surface area contributed by atoms with E-state index < -0.39 is 0 Å². The highest BCUT2D eigenvalue weighted by Gasteiger charge is 2.11. The predicted octanol–water partition coefficient (Wildman–Crippen LogP) is 1.68. The first kappa shape index (κ1) is 10.6. The summed E-state index contributed by atoms with van der Waals surface area (Å²) < 4.78 is 0. The quantitative estimate of drug-likeness (QED) is 0.824. The van der Waals surface area contributed by atoms with E-state index >= 15 is 0 Å². The molecule has 2 rings (SSSR count). The van der Waals surface area contributed by atoms with E-state index in [-0.39, 0.29) is 0 Å². The Kier molecular flexibility index (Phi) is 3.75. The highest BCUT2D eigenvalue weighted by molar-refractivity contribution is 6.30. The van der Waals surface area contributed by atoms with Gasteiger partial charge in [0.25, 0.3) is 0 Å². The van der Waals surface area contributed by atoms with Crippen molar-refractivity contribution in [2.75, 3.05) is 18.4 Å². The van der Waals surface area contributed by atoms with Gasteiger partial charge in [-0.2, -0.15) is 0 Å². The van der Waals surface area contributed by atoms with Crippen molar-refractivity contribution >= 4 is 17.5 Å². The van der Waals surface area contributed by atoms with Gasteiger partial charge in [-0.3, -0.25) is 0 Å². The minimum absolute atomic E-state index is 0.540. The third-order valence-electron chi connectivity index (χ3n) is 2.54. The molecule has 1 aliphatic heterocycles. The SMILES string of the molecule is Clc1cnc(NCC2CCCCN2)nc1. The second-order valence-electron chi connectivity index (χ2n) is 3.75. The van der Waals surface area contributed by atoms with Crippen molar-refractivity contribution in [1.29, 1.82) is 0 Å². The molecular weight excluding hydrogens is 212 g/mol. The summed E-state index contributed by atoms with van der Waals surface area (Å²) in [6, 6.07) is 0.540. The van der Waals surface area contributed by atoms with Gasteiger partial charge in [0.05, 0.1) is 17.4 Å². The van der Waals surface area contributed by atoms with Crippen LogP contribution in [0.4, 0.5) is 5.95 Å². The molecule has 1 fully saturated rings. The molecule has 1 saturated heterocycles. The predicted molar refractivity (Wildman–Crippen MR) is 61.2 cm³/mol. The maximum atomic E-state index is 5.70. The molecule has 0 spiro atoms. The van der Waals surface area contributed by atoms with Crippen LogP contribution in [0.1, 0.15) is 19.3 Å². The van der Waals surface area contributed by atoms with E-state index in [0.717, 1.165) is 13.1 Å². The Hall–Kier alpha value is -0.870. The number of halogens is 1. The lowest BCUT2D eigenvalue weighted by Crippen LogP contribution is -2.39. The molecule has 1 aromatic heterocycles. The van der Waals surface area contributed by atoms with Gasteiger partial charge in [0.2, 0.25) is 5.95 Å². The minimum atomic E-state index is 0.540. The van der Waals surface area contributed by atoms with Crippen molar-refractivity contribution in [3.05, 3.63) is 17.4 Å². The lowest BCUT2D eigenvalue weighted by Gasteiger charge is -2.23. The summed E-state index contributed by atoms with van der Waals surface area (Å²) in [6.45, 7) is 2.00. The first-order valence-electron chi connectivity index (χ1n) is 5.29. The van der Waals surface area contributed by atoms with E-state index in [2.05, 4.69) is 20.6 Å². The number of piperidine rings is 1. The van der Waals surface area contributed by atoms with Gasteiger partial charge >= 0.3 is 0 Å². The van der Waals surface area contributed by atoms with Crippen LogP contribution in [0, 0.1) is 0 Å². The molecule has 0 aliphatic carbocycles. The smallest absolute Gasteiger partial charge is 0.222 e. The van der Waals surface area contributed by atoms with Gasteiger partial charge in [-0.25, -0.2) is 9.97 Å². The zero-order valence-corrected chi connectivity index (χ0v) is 9.30. The Morgan fingerprint density at radius 1 is 1.40 bits per heavy atom. The molecule has 0 saturated carbocycles. The molecule has 0 bridgehead atoms. The van der Waals surface area contributed by atoms with Crippen LogP contribution in [0.25, 0.3) is 0 Å². The Bertz CT molecular complexity index is 295. The molecule has 2 N–H and O–H groups in total. The van der Waals surface area contributed by atoms with Gasteiger partial charge in [0.15, 0.2) is 0 Å². The molecule has 2 heterocycles. The van der Waals surface area contributed by atoms with E-state index in [1.807, 2.05) is 0 Å². The Morgan fingerprint density at radius 2 is 2.20 bits per heavy atom. The molecule has 0 radical (unpaired) electrons. The third kappa shape index (κ3) is 3.32. The Balaban J connectivity index is 1.79. The summed E-state index contributed by atoms with van der Waals surface area (Å²) in [7, 11) is 0. The molecule has 4 nitrogen and oxygen atoms in total. The van der Waals surface area contributed by atoms with Crippen molar-refractivity contribution in [2.45, 2.75) is 25.3 Å². The summed E-state index contributed by atoms with van der Waals surface area (Å²) in [5.41, 5.74) is 0. The second kappa shape index (κ2) is 5.28. The van der Waals surface area contributed by atoms with Gasteiger partial charge < -0.3 is 10.6 Å². The number of hydrogen-bond donors (Lipinski definition) is 2. The van der Waals surface area contributed by atoms with E-state index in [9.17, 15) is 0 Å². The fourth-order valence-corrected chi connectivity index (χ4v) is 1.81. The Morgan fingerprint density at radius 3 is 2.87 bits per heavy atom. The molecule has 1 aromatic rings. The molecular formula is C10H15ClN4. The van der Waals surface area contributed by atoms with Gasteiger partial charge in [-0.05, 0) is 19.4 Å².